The second-order valence-electron chi connectivity index (χ2n) is 6.43. The summed E-state index contributed by atoms with van der Waals surface area (Å²) in [6, 6.07) is 18.9. The topological polar surface area (TPSA) is 20.2 Å². The van der Waals surface area contributed by atoms with Crippen molar-refractivity contribution in [3.05, 3.63) is 60.2 Å². The van der Waals surface area contributed by atoms with Crippen molar-refractivity contribution in [1.29, 1.82) is 0 Å². The van der Waals surface area contributed by atoms with E-state index in [1.807, 2.05) is 6.07 Å². The largest absolute Gasteiger partial charge is 0.217 e. The highest BCUT2D eigenvalue weighted by Crippen LogP contribution is 2.26. The van der Waals surface area contributed by atoms with Crippen LogP contribution in [0.5, 0.6) is 0 Å². The first-order valence-electron chi connectivity index (χ1n) is 8.90. The summed E-state index contributed by atoms with van der Waals surface area (Å²) in [7, 11) is 0. The third kappa shape index (κ3) is 5.19. The van der Waals surface area contributed by atoms with Crippen LogP contribution in [-0.2, 0) is 6.54 Å². The van der Waals surface area contributed by atoms with Gasteiger partial charge in [-0.3, -0.25) is 0 Å². The van der Waals surface area contributed by atoms with Crippen LogP contribution in [0.2, 0.25) is 0 Å². The van der Waals surface area contributed by atoms with Gasteiger partial charge in [0, 0.05) is 5.56 Å². The number of hydrogen-bond donors (Lipinski definition) is 1. The Balaban J connectivity index is 2.26. The van der Waals surface area contributed by atoms with E-state index in [0.29, 0.717) is 6.54 Å². The number of hydrogen-bond acceptors (Lipinski definition) is 1. The van der Waals surface area contributed by atoms with Gasteiger partial charge in [0.1, 0.15) is 19.6 Å². The second-order valence-corrected chi connectivity index (χ2v) is 6.43. The fraction of sp³-hybridized carbons (Fsp3) is 0.429. The van der Waals surface area contributed by atoms with Crippen molar-refractivity contribution in [3.63, 3.8) is 0 Å². The SMILES string of the molecule is CCCC[N+](O)(CCCC)Cc1ccccc1-c1ccccc1. The number of hydroxylamine groups is 3. The Bertz CT molecular complexity index is 571. The van der Waals surface area contributed by atoms with Crippen molar-refractivity contribution in [2.24, 2.45) is 0 Å². The molecule has 0 unspecified atom stereocenters. The van der Waals surface area contributed by atoms with Crippen molar-refractivity contribution in [3.8, 4) is 11.1 Å². The van der Waals surface area contributed by atoms with Gasteiger partial charge >= 0.3 is 0 Å². The molecule has 0 saturated carbocycles. The first-order valence-corrected chi connectivity index (χ1v) is 8.90. The van der Waals surface area contributed by atoms with Crippen LogP contribution >= 0.6 is 0 Å². The molecule has 2 rings (SSSR count). The molecule has 0 aliphatic carbocycles. The number of unbranched alkanes of at least 4 members (excludes halogenated alkanes) is 2. The molecule has 23 heavy (non-hydrogen) atoms. The first kappa shape index (κ1) is 17.7. The van der Waals surface area contributed by atoms with E-state index in [2.05, 4.69) is 62.4 Å². The molecule has 0 saturated heterocycles. The molecule has 0 amide bonds. The first-order chi connectivity index (χ1) is 11.2. The molecule has 124 valence electrons. The fourth-order valence-corrected chi connectivity index (χ4v) is 3.05. The molecule has 0 bridgehead atoms. The number of nitrogens with zero attached hydrogens (tertiary/aromatic N) is 1. The van der Waals surface area contributed by atoms with E-state index >= 15 is 0 Å². The molecule has 0 radical (unpaired) electrons. The standard InChI is InChI=1S/C21H30NO/c1-3-5-16-22(23,17-6-4-2)18-20-14-10-11-15-21(20)19-12-8-7-9-13-19/h7-15,23H,3-6,16-18H2,1-2H3/q+1. The minimum atomic E-state index is 0.158. The summed E-state index contributed by atoms with van der Waals surface area (Å²) in [4.78, 5) is 0. The lowest BCUT2D eigenvalue weighted by Crippen LogP contribution is -2.45. The van der Waals surface area contributed by atoms with Gasteiger partial charge in [-0.2, -0.15) is 4.65 Å². The molecule has 1 N–H and O–H groups in total. The molecule has 0 aliphatic heterocycles. The van der Waals surface area contributed by atoms with Crippen LogP contribution in [0.4, 0.5) is 0 Å². The zero-order valence-electron chi connectivity index (χ0n) is 14.5. The van der Waals surface area contributed by atoms with E-state index in [9.17, 15) is 5.21 Å². The average molecular weight is 312 g/mol. The minimum Gasteiger partial charge on any atom is -0.217 e. The summed E-state index contributed by atoms with van der Waals surface area (Å²) in [5, 5.41) is 11.1. The summed E-state index contributed by atoms with van der Waals surface area (Å²) in [5.74, 6) is 0. The van der Waals surface area contributed by atoms with Crippen molar-refractivity contribution in [2.45, 2.75) is 46.1 Å². The predicted molar refractivity (Wildman–Crippen MR) is 97.2 cm³/mol. The highest BCUT2D eigenvalue weighted by molar-refractivity contribution is 5.66. The molecule has 0 aromatic heterocycles. The number of benzene rings is 2. The van der Waals surface area contributed by atoms with Crippen LogP contribution in [0.1, 0.15) is 45.1 Å². The lowest BCUT2D eigenvalue weighted by atomic mass is 9.99. The Morgan fingerprint density at radius 3 is 1.96 bits per heavy atom. The Kier molecular flexibility index (Phi) is 6.82. The minimum absolute atomic E-state index is 0.158. The number of quaternary nitrogens is 1. The summed E-state index contributed by atoms with van der Waals surface area (Å²) >= 11 is 0. The summed E-state index contributed by atoms with van der Waals surface area (Å²) in [5.41, 5.74) is 3.69. The van der Waals surface area contributed by atoms with Crippen LogP contribution in [-0.4, -0.2) is 22.9 Å². The molecule has 0 heterocycles. The van der Waals surface area contributed by atoms with Crippen molar-refractivity contribution < 1.29 is 9.85 Å². The Morgan fingerprint density at radius 2 is 1.35 bits per heavy atom. The molecule has 2 heteroatoms. The third-order valence-corrected chi connectivity index (χ3v) is 4.42. The highest BCUT2D eigenvalue weighted by atomic mass is 16.5. The highest BCUT2D eigenvalue weighted by Gasteiger charge is 2.26. The second kappa shape index (κ2) is 8.85. The zero-order valence-corrected chi connectivity index (χ0v) is 14.5. The summed E-state index contributed by atoms with van der Waals surface area (Å²) in [6.07, 6.45) is 4.36. The zero-order chi connectivity index (χ0) is 16.5. The number of rotatable bonds is 9. The molecule has 0 spiro atoms. The Labute approximate surface area is 140 Å². The molecule has 2 aromatic carbocycles. The van der Waals surface area contributed by atoms with E-state index in [0.717, 1.165) is 38.8 Å². The van der Waals surface area contributed by atoms with E-state index in [1.165, 1.54) is 16.7 Å². The van der Waals surface area contributed by atoms with Crippen molar-refractivity contribution >= 4 is 0 Å². The van der Waals surface area contributed by atoms with Gasteiger partial charge in [-0.05, 0) is 24.0 Å². The summed E-state index contributed by atoms with van der Waals surface area (Å²) in [6.45, 7) is 6.72. The van der Waals surface area contributed by atoms with E-state index in [1.54, 1.807) is 0 Å². The fourth-order valence-electron chi connectivity index (χ4n) is 3.05. The molecule has 0 aliphatic rings. The van der Waals surface area contributed by atoms with Crippen LogP contribution in [0, 0.1) is 0 Å². The Morgan fingerprint density at radius 1 is 0.783 bits per heavy atom. The lowest BCUT2D eigenvalue weighted by Gasteiger charge is -2.31. The molecular formula is C21H30NO+. The molecule has 2 aromatic rings. The van der Waals surface area contributed by atoms with Crippen LogP contribution in [0.3, 0.4) is 0 Å². The monoisotopic (exact) mass is 312 g/mol. The van der Waals surface area contributed by atoms with Gasteiger partial charge in [-0.25, -0.2) is 5.21 Å². The quantitative estimate of drug-likeness (QED) is 0.468. The van der Waals surface area contributed by atoms with Gasteiger partial charge in [0.15, 0.2) is 0 Å². The van der Waals surface area contributed by atoms with Crippen molar-refractivity contribution in [2.75, 3.05) is 13.1 Å². The Hall–Kier alpha value is -1.64. The van der Waals surface area contributed by atoms with Crippen LogP contribution < -0.4 is 0 Å². The average Bonchev–Trinajstić information content (AvgIpc) is 2.60. The van der Waals surface area contributed by atoms with Crippen molar-refractivity contribution in [1.82, 2.24) is 0 Å². The van der Waals surface area contributed by atoms with Gasteiger partial charge in [0.05, 0.1) is 0 Å². The smallest absolute Gasteiger partial charge is 0.135 e. The molecule has 2 nitrogen and oxygen atoms in total. The maximum Gasteiger partial charge on any atom is 0.135 e. The van der Waals surface area contributed by atoms with Gasteiger partial charge in [0.2, 0.25) is 0 Å². The predicted octanol–water partition coefficient (Wildman–Crippen LogP) is 5.66. The molecule has 0 atom stereocenters. The van der Waals surface area contributed by atoms with Crippen LogP contribution in [0.15, 0.2) is 54.6 Å². The van der Waals surface area contributed by atoms with Gasteiger partial charge in [-0.15, -0.1) is 0 Å². The maximum absolute atomic E-state index is 11.1. The van der Waals surface area contributed by atoms with Gasteiger partial charge in [0.25, 0.3) is 0 Å². The van der Waals surface area contributed by atoms with E-state index in [-0.39, 0.29) is 4.65 Å². The normalized spacial score (nSPS) is 11.6. The van der Waals surface area contributed by atoms with Gasteiger partial charge < -0.3 is 0 Å². The summed E-state index contributed by atoms with van der Waals surface area (Å²) < 4.78 is 0.158. The molecule has 0 fully saturated rings. The van der Waals surface area contributed by atoms with E-state index < -0.39 is 0 Å². The maximum atomic E-state index is 11.1. The van der Waals surface area contributed by atoms with E-state index in [4.69, 9.17) is 0 Å². The third-order valence-electron chi connectivity index (χ3n) is 4.42. The van der Waals surface area contributed by atoms with Crippen LogP contribution in [0.25, 0.3) is 11.1 Å². The molecular weight excluding hydrogens is 282 g/mol. The van der Waals surface area contributed by atoms with Gasteiger partial charge in [-0.1, -0.05) is 81.3 Å². The lowest BCUT2D eigenvalue weighted by molar-refractivity contribution is -1.11.